The van der Waals surface area contributed by atoms with Crippen molar-refractivity contribution < 1.29 is 23.9 Å². The van der Waals surface area contributed by atoms with Crippen molar-refractivity contribution in [2.75, 3.05) is 19.0 Å². The van der Waals surface area contributed by atoms with Crippen LogP contribution in [0, 0.1) is 0 Å². The normalized spacial score (nSPS) is 10.9. The van der Waals surface area contributed by atoms with Crippen LogP contribution in [0.15, 0.2) is 66.9 Å². The molecule has 0 saturated carbocycles. The number of nitrogens with zero attached hydrogens (tertiary/aromatic N) is 3. The summed E-state index contributed by atoms with van der Waals surface area (Å²) in [4.78, 5) is 41.9. The molecular weight excluding hydrogens is 448 g/mol. The van der Waals surface area contributed by atoms with Gasteiger partial charge in [-0.15, -0.1) is 0 Å². The number of aromatic nitrogens is 3. The zero-order valence-corrected chi connectivity index (χ0v) is 19.5. The summed E-state index contributed by atoms with van der Waals surface area (Å²) in [5.41, 5.74) is 2.92. The van der Waals surface area contributed by atoms with E-state index < -0.39 is 24.5 Å². The van der Waals surface area contributed by atoms with Gasteiger partial charge in [0.15, 0.2) is 12.3 Å². The van der Waals surface area contributed by atoms with Crippen molar-refractivity contribution in [1.82, 2.24) is 14.8 Å². The molecule has 0 radical (unpaired) electrons. The van der Waals surface area contributed by atoms with E-state index in [1.54, 1.807) is 35.1 Å². The average molecular weight is 473 g/mol. The predicted octanol–water partition coefficient (Wildman–Crippen LogP) is 4.26. The van der Waals surface area contributed by atoms with Gasteiger partial charge in [-0.2, -0.15) is 5.10 Å². The molecule has 0 aliphatic rings. The van der Waals surface area contributed by atoms with E-state index in [9.17, 15) is 14.4 Å². The van der Waals surface area contributed by atoms with E-state index in [0.717, 1.165) is 5.56 Å². The van der Waals surface area contributed by atoms with Crippen LogP contribution in [0.5, 0.6) is 0 Å². The maximum absolute atomic E-state index is 13.0. The topological polar surface area (TPSA) is 112 Å². The van der Waals surface area contributed by atoms with Crippen molar-refractivity contribution in [1.29, 1.82) is 0 Å². The monoisotopic (exact) mass is 472 g/mol. The average Bonchev–Trinajstić information content (AvgIpc) is 3.31. The van der Waals surface area contributed by atoms with Crippen molar-refractivity contribution in [2.45, 2.75) is 19.9 Å². The summed E-state index contributed by atoms with van der Waals surface area (Å²) in [6.07, 6.45) is 1.58. The number of hydrogen-bond acceptors (Lipinski definition) is 7. The SMILES string of the molecule is COC(=O)c1cccc(NC(=O)COC(=O)c2cc(-c3ccccc3)nc3c2cnn3C(C)C)c1. The maximum Gasteiger partial charge on any atom is 0.339 e. The van der Waals surface area contributed by atoms with Crippen LogP contribution in [0.3, 0.4) is 0 Å². The number of hydrogen-bond donors (Lipinski definition) is 1. The van der Waals surface area contributed by atoms with E-state index in [4.69, 9.17) is 9.72 Å². The summed E-state index contributed by atoms with van der Waals surface area (Å²) in [6, 6.07) is 17.4. The fourth-order valence-corrected chi connectivity index (χ4v) is 3.57. The second-order valence-corrected chi connectivity index (χ2v) is 8.04. The van der Waals surface area contributed by atoms with Gasteiger partial charge < -0.3 is 14.8 Å². The highest BCUT2D eigenvalue weighted by Gasteiger charge is 2.20. The van der Waals surface area contributed by atoms with Crippen LogP contribution in [0.1, 0.15) is 40.6 Å². The van der Waals surface area contributed by atoms with Crippen LogP contribution in [0.4, 0.5) is 5.69 Å². The Hall–Kier alpha value is -4.53. The standard InChI is InChI=1S/C26H24N4O5/c1-16(2)30-24-21(14-27-30)20(13-22(29-24)17-8-5-4-6-9-17)26(33)35-15-23(31)28-19-11-7-10-18(12-19)25(32)34-3/h4-14,16H,15H2,1-3H3,(H,28,31). The van der Waals surface area contributed by atoms with Gasteiger partial charge in [-0.05, 0) is 38.1 Å². The van der Waals surface area contributed by atoms with Gasteiger partial charge in [0.1, 0.15) is 0 Å². The van der Waals surface area contributed by atoms with Gasteiger partial charge in [-0.3, -0.25) is 4.79 Å². The van der Waals surface area contributed by atoms with Crippen LogP contribution in [-0.4, -0.2) is 46.3 Å². The maximum atomic E-state index is 13.0. The van der Waals surface area contributed by atoms with Crippen molar-refractivity contribution in [2.24, 2.45) is 0 Å². The molecule has 0 atom stereocenters. The summed E-state index contributed by atoms with van der Waals surface area (Å²) in [5, 5.41) is 7.53. The minimum Gasteiger partial charge on any atom is -0.465 e. The molecule has 9 heteroatoms. The first-order chi connectivity index (χ1) is 16.9. The highest BCUT2D eigenvalue weighted by molar-refractivity contribution is 6.05. The summed E-state index contributed by atoms with van der Waals surface area (Å²) >= 11 is 0. The molecule has 1 N–H and O–H groups in total. The number of ether oxygens (including phenoxy) is 2. The smallest absolute Gasteiger partial charge is 0.339 e. The minimum atomic E-state index is -0.670. The lowest BCUT2D eigenvalue weighted by Gasteiger charge is -2.11. The highest BCUT2D eigenvalue weighted by Crippen LogP contribution is 2.27. The molecule has 2 aromatic carbocycles. The largest absolute Gasteiger partial charge is 0.465 e. The van der Waals surface area contributed by atoms with Crippen molar-refractivity contribution in [3.8, 4) is 11.3 Å². The first kappa shape index (κ1) is 23.6. The number of rotatable bonds is 7. The number of carbonyl (C=O) groups is 3. The summed E-state index contributed by atoms with van der Waals surface area (Å²) in [5.74, 6) is -1.74. The Kier molecular flexibility index (Phi) is 6.86. The van der Waals surface area contributed by atoms with Gasteiger partial charge in [-0.1, -0.05) is 36.4 Å². The van der Waals surface area contributed by atoms with Crippen LogP contribution < -0.4 is 5.32 Å². The highest BCUT2D eigenvalue weighted by atomic mass is 16.5. The van der Waals surface area contributed by atoms with Crippen LogP contribution >= 0.6 is 0 Å². The lowest BCUT2D eigenvalue weighted by molar-refractivity contribution is -0.119. The van der Waals surface area contributed by atoms with Crippen LogP contribution in [0.2, 0.25) is 0 Å². The molecule has 4 aromatic rings. The first-order valence-electron chi connectivity index (χ1n) is 11.0. The van der Waals surface area contributed by atoms with Crippen molar-refractivity contribution in [3.63, 3.8) is 0 Å². The molecule has 178 valence electrons. The Labute approximate surface area is 201 Å². The summed E-state index contributed by atoms with van der Waals surface area (Å²) in [7, 11) is 1.27. The van der Waals surface area contributed by atoms with Gasteiger partial charge in [0.05, 0.1) is 35.5 Å². The molecule has 0 saturated heterocycles. The number of benzene rings is 2. The minimum absolute atomic E-state index is 0.0291. The number of methoxy groups -OCH3 is 1. The van der Waals surface area contributed by atoms with Gasteiger partial charge in [0.2, 0.25) is 0 Å². The molecule has 0 spiro atoms. The Bertz CT molecular complexity index is 1400. The molecule has 0 unspecified atom stereocenters. The zero-order chi connectivity index (χ0) is 24.9. The molecule has 0 aliphatic carbocycles. The number of anilines is 1. The molecule has 0 aliphatic heterocycles. The molecule has 2 heterocycles. The third-order valence-electron chi connectivity index (χ3n) is 5.25. The fraction of sp³-hybridized carbons (Fsp3) is 0.192. The first-order valence-corrected chi connectivity index (χ1v) is 11.0. The summed E-state index contributed by atoms with van der Waals surface area (Å²) in [6.45, 7) is 3.44. The van der Waals surface area contributed by atoms with Gasteiger partial charge in [-0.25, -0.2) is 19.3 Å². The number of pyridine rings is 1. The third-order valence-corrected chi connectivity index (χ3v) is 5.25. The lowest BCUT2D eigenvalue weighted by atomic mass is 10.1. The van der Waals surface area contributed by atoms with E-state index in [-0.39, 0.29) is 17.2 Å². The summed E-state index contributed by atoms with van der Waals surface area (Å²) < 4.78 is 11.7. The van der Waals surface area contributed by atoms with Crippen LogP contribution in [-0.2, 0) is 14.3 Å². The van der Waals surface area contributed by atoms with Gasteiger partial charge in [0, 0.05) is 17.3 Å². The second kappa shape index (κ2) is 10.2. The Balaban J connectivity index is 1.56. The van der Waals surface area contributed by atoms with Gasteiger partial charge in [0.25, 0.3) is 5.91 Å². The molecule has 35 heavy (non-hydrogen) atoms. The number of fused-ring (bicyclic) bond motifs is 1. The van der Waals surface area contributed by atoms with E-state index in [0.29, 0.717) is 22.4 Å². The van der Waals surface area contributed by atoms with E-state index in [2.05, 4.69) is 15.2 Å². The molecular formula is C26H24N4O5. The second-order valence-electron chi connectivity index (χ2n) is 8.04. The Morgan fingerprint density at radius 2 is 1.77 bits per heavy atom. The zero-order valence-electron chi connectivity index (χ0n) is 19.5. The molecule has 9 nitrogen and oxygen atoms in total. The van der Waals surface area contributed by atoms with Gasteiger partial charge >= 0.3 is 11.9 Å². The molecule has 1 amide bonds. The number of esters is 2. The number of nitrogens with one attached hydrogen (secondary N) is 1. The molecule has 2 aromatic heterocycles. The fourth-order valence-electron chi connectivity index (χ4n) is 3.57. The quantitative estimate of drug-likeness (QED) is 0.400. The molecule has 4 rings (SSSR count). The van der Waals surface area contributed by atoms with E-state index in [1.165, 1.54) is 13.2 Å². The van der Waals surface area contributed by atoms with E-state index >= 15 is 0 Å². The predicted molar refractivity (Wildman–Crippen MR) is 130 cm³/mol. The Morgan fingerprint density at radius 1 is 1.00 bits per heavy atom. The van der Waals surface area contributed by atoms with Crippen molar-refractivity contribution in [3.05, 3.63) is 78.0 Å². The molecule has 0 fully saturated rings. The lowest BCUT2D eigenvalue weighted by Crippen LogP contribution is -2.21. The van der Waals surface area contributed by atoms with Crippen LogP contribution in [0.25, 0.3) is 22.3 Å². The Morgan fingerprint density at radius 3 is 2.49 bits per heavy atom. The molecule has 0 bridgehead atoms. The van der Waals surface area contributed by atoms with E-state index in [1.807, 2.05) is 44.2 Å². The number of amides is 1. The third kappa shape index (κ3) is 5.19. The number of carbonyl (C=O) groups excluding carboxylic acids is 3. The van der Waals surface area contributed by atoms with Crippen molar-refractivity contribution >= 4 is 34.6 Å².